The van der Waals surface area contributed by atoms with Gasteiger partial charge in [-0.3, -0.25) is 4.68 Å². The van der Waals surface area contributed by atoms with Crippen LogP contribution in [-0.4, -0.2) is 20.5 Å². The zero-order valence-electron chi connectivity index (χ0n) is 10.3. The lowest BCUT2D eigenvalue weighted by Gasteiger charge is -2.33. The fourth-order valence-corrected chi connectivity index (χ4v) is 2.50. The first-order valence-corrected chi connectivity index (χ1v) is 6.33. The van der Waals surface area contributed by atoms with Gasteiger partial charge in [0.1, 0.15) is 0 Å². The third-order valence-corrected chi connectivity index (χ3v) is 3.55. The Bertz CT molecular complexity index is 339. The minimum atomic E-state index is -0.563. The molecule has 0 amide bonds. The smallest absolute Gasteiger partial charge is 0.0663 e. The molecule has 1 saturated carbocycles. The molecule has 0 spiro atoms. The summed E-state index contributed by atoms with van der Waals surface area (Å²) in [6.07, 6.45) is 9.51. The van der Waals surface area contributed by atoms with Crippen molar-refractivity contribution in [1.82, 2.24) is 9.78 Å². The fourth-order valence-electron chi connectivity index (χ4n) is 2.50. The number of aliphatic hydroxyl groups is 1. The van der Waals surface area contributed by atoms with Gasteiger partial charge >= 0.3 is 0 Å². The third-order valence-electron chi connectivity index (χ3n) is 3.55. The Hall–Kier alpha value is -0.830. The summed E-state index contributed by atoms with van der Waals surface area (Å²) in [5.41, 5.74) is 0.582. The molecule has 0 saturated heterocycles. The van der Waals surface area contributed by atoms with E-state index in [0.29, 0.717) is 0 Å². The second-order valence-corrected chi connectivity index (χ2v) is 5.38. The Kier molecular flexibility index (Phi) is 3.33. The van der Waals surface area contributed by atoms with E-state index in [4.69, 9.17) is 0 Å². The molecule has 1 aromatic heterocycles. The molecule has 1 atom stereocenters. The maximum atomic E-state index is 10.3. The highest BCUT2D eigenvalue weighted by molar-refractivity contribution is 5.08. The molecule has 3 nitrogen and oxygen atoms in total. The van der Waals surface area contributed by atoms with Crippen molar-refractivity contribution >= 4 is 0 Å². The summed E-state index contributed by atoms with van der Waals surface area (Å²) < 4.78 is 1.91. The Morgan fingerprint density at radius 2 is 2.31 bits per heavy atom. The predicted molar refractivity (Wildman–Crippen MR) is 64.2 cm³/mol. The number of aryl methyl sites for hydroxylation is 1. The number of nitrogens with zero attached hydrogens (tertiary/aromatic N) is 2. The van der Waals surface area contributed by atoms with Gasteiger partial charge < -0.3 is 5.11 Å². The minimum absolute atomic E-state index is 0.563. The van der Waals surface area contributed by atoms with Gasteiger partial charge in [-0.25, -0.2) is 0 Å². The van der Waals surface area contributed by atoms with E-state index >= 15 is 0 Å². The lowest BCUT2D eigenvalue weighted by molar-refractivity contribution is 0.0204. The van der Waals surface area contributed by atoms with Crippen molar-refractivity contribution in [2.24, 2.45) is 5.92 Å². The lowest BCUT2D eigenvalue weighted by Crippen LogP contribution is -2.32. The van der Waals surface area contributed by atoms with Gasteiger partial charge in [0.25, 0.3) is 0 Å². The molecule has 0 radical (unpaired) electrons. The van der Waals surface area contributed by atoms with Crippen LogP contribution in [0, 0.1) is 5.92 Å². The summed E-state index contributed by atoms with van der Waals surface area (Å²) >= 11 is 0. The molecule has 1 aromatic rings. The van der Waals surface area contributed by atoms with Crippen LogP contribution in [0.3, 0.4) is 0 Å². The SMILES string of the molecule is CCn1cc(CC(C)(O)CC2CCC2)cn1. The normalized spacial score (nSPS) is 20.4. The molecule has 2 rings (SSSR count). The standard InChI is InChI=1S/C13H22N2O/c1-3-15-10-12(9-14-15)8-13(2,16)7-11-5-4-6-11/h9-11,16H,3-8H2,1-2H3. The topological polar surface area (TPSA) is 38.0 Å². The van der Waals surface area contributed by atoms with E-state index in [1.165, 1.54) is 19.3 Å². The van der Waals surface area contributed by atoms with Crippen molar-refractivity contribution in [2.75, 3.05) is 0 Å². The summed E-state index contributed by atoms with van der Waals surface area (Å²) in [5, 5.41) is 14.6. The summed E-state index contributed by atoms with van der Waals surface area (Å²) in [5.74, 6) is 0.747. The lowest BCUT2D eigenvalue weighted by atomic mass is 9.76. The van der Waals surface area contributed by atoms with Crippen molar-refractivity contribution < 1.29 is 5.11 Å². The molecule has 3 heteroatoms. The quantitative estimate of drug-likeness (QED) is 0.830. The van der Waals surface area contributed by atoms with Crippen LogP contribution in [0.5, 0.6) is 0 Å². The Morgan fingerprint density at radius 3 is 2.81 bits per heavy atom. The maximum absolute atomic E-state index is 10.3. The molecule has 1 heterocycles. The highest BCUT2D eigenvalue weighted by Gasteiger charge is 2.29. The van der Waals surface area contributed by atoms with Gasteiger partial charge in [-0.1, -0.05) is 19.3 Å². The molecule has 1 aliphatic rings. The summed E-state index contributed by atoms with van der Waals surface area (Å²) in [6, 6.07) is 0. The molecular formula is C13H22N2O. The molecule has 1 unspecified atom stereocenters. The monoisotopic (exact) mass is 222 g/mol. The van der Waals surface area contributed by atoms with Gasteiger partial charge in [-0.2, -0.15) is 5.10 Å². The molecule has 1 aliphatic carbocycles. The van der Waals surface area contributed by atoms with Gasteiger partial charge in [0, 0.05) is 19.2 Å². The average molecular weight is 222 g/mol. The van der Waals surface area contributed by atoms with Gasteiger partial charge in [0.15, 0.2) is 0 Å². The van der Waals surface area contributed by atoms with E-state index in [-0.39, 0.29) is 0 Å². The Balaban J connectivity index is 1.90. The van der Waals surface area contributed by atoms with Crippen molar-refractivity contribution in [3.63, 3.8) is 0 Å². The Labute approximate surface area is 97.5 Å². The third kappa shape index (κ3) is 2.85. The van der Waals surface area contributed by atoms with Crippen LogP contribution in [0.15, 0.2) is 12.4 Å². The van der Waals surface area contributed by atoms with Crippen molar-refractivity contribution in [2.45, 2.75) is 58.1 Å². The minimum Gasteiger partial charge on any atom is -0.390 e. The predicted octanol–water partition coefficient (Wildman–Crippen LogP) is 2.39. The zero-order valence-corrected chi connectivity index (χ0v) is 10.3. The first-order valence-electron chi connectivity index (χ1n) is 6.33. The Morgan fingerprint density at radius 1 is 1.56 bits per heavy atom. The van der Waals surface area contributed by atoms with E-state index < -0.39 is 5.60 Å². The van der Waals surface area contributed by atoms with Gasteiger partial charge in [-0.15, -0.1) is 0 Å². The van der Waals surface area contributed by atoms with Crippen LogP contribution in [0.4, 0.5) is 0 Å². The molecular weight excluding hydrogens is 200 g/mol. The van der Waals surface area contributed by atoms with Crippen LogP contribution < -0.4 is 0 Å². The van der Waals surface area contributed by atoms with Crippen LogP contribution in [0.1, 0.15) is 45.1 Å². The van der Waals surface area contributed by atoms with Crippen LogP contribution in [-0.2, 0) is 13.0 Å². The number of hydrogen-bond donors (Lipinski definition) is 1. The number of rotatable bonds is 5. The highest BCUT2D eigenvalue weighted by atomic mass is 16.3. The van der Waals surface area contributed by atoms with E-state index in [9.17, 15) is 5.11 Å². The molecule has 0 aliphatic heterocycles. The second kappa shape index (κ2) is 4.58. The second-order valence-electron chi connectivity index (χ2n) is 5.38. The van der Waals surface area contributed by atoms with Crippen LogP contribution in [0.2, 0.25) is 0 Å². The first-order chi connectivity index (χ1) is 7.59. The molecule has 16 heavy (non-hydrogen) atoms. The number of hydrogen-bond acceptors (Lipinski definition) is 2. The summed E-state index contributed by atoms with van der Waals surface area (Å²) in [7, 11) is 0. The molecule has 0 bridgehead atoms. The van der Waals surface area contributed by atoms with Crippen molar-refractivity contribution in [3.05, 3.63) is 18.0 Å². The number of aromatic nitrogens is 2. The van der Waals surface area contributed by atoms with Crippen molar-refractivity contribution in [1.29, 1.82) is 0 Å². The van der Waals surface area contributed by atoms with Gasteiger partial charge in [0.2, 0.25) is 0 Å². The fraction of sp³-hybridized carbons (Fsp3) is 0.769. The molecule has 1 fully saturated rings. The molecule has 90 valence electrons. The highest BCUT2D eigenvalue weighted by Crippen LogP contribution is 2.34. The van der Waals surface area contributed by atoms with Crippen LogP contribution >= 0.6 is 0 Å². The largest absolute Gasteiger partial charge is 0.390 e. The van der Waals surface area contributed by atoms with E-state index in [1.807, 2.05) is 24.0 Å². The molecule has 0 aromatic carbocycles. The summed E-state index contributed by atoms with van der Waals surface area (Å²) in [6.45, 7) is 4.92. The zero-order chi connectivity index (χ0) is 11.6. The first kappa shape index (κ1) is 11.6. The summed E-state index contributed by atoms with van der Waals surface area (Å²) in [4.78, 5) is 0. The van der Waals surface area contributed by atoms with E-state index in [0.717, 1.165) is 30.9 Å². The maximum Gasteiger partial charge on any atom is 0.0663 e. The van der Waals surface area contributed by atoms with E-state index in [2.05, 4.69) is 12.0 Å². The van der Waals surface area contributed by atoms with Crippen LogP contribution in [0.25, 0.3) is 0 Å². The van der Waals surface area contributed by atoms with Gasteiger partial charge in [-0.05, 0) is 31.7 Å². The van der Waals surface area contributed by atoms with E-state index in [1.54, 1.807) is 0 Å². The van der Waals surface area contributed by atoms with Gasteiger partial charge in [0.05, 0.1) is 11.8 Å². The van der Waals surface area contributed by atoms with Crippen molar-refractivity contribution in [3.8, 4) is 0 Å². The molecule has 1 N–H and O–H groups in total. The average Bonchev–Trinajstić information content (AvgIpc) is 2.59.